The zero-order valence-electron chi connectivity index (χ0n) is 14.7. The minimum absolute atomic E-state index is 0.0741. The van der Waals surface area contributed by atoms with Gasteiger partial charge in [-0.05, 0) is 24.6 Å². The Kier molecular flexibility index (Phi) is 4.60. The Balaban J connectivity index is 1.71. The largest absolute Gasteiger partial charge is 0.465 e. The number of rotatable bonds is 5. The monoisotopic (exact) mass is 358 g/mol. The quantitative estimate of drug-likeness (QED) is 0.786. The van der Waals surface area contributed by atoms with E-state index in [0.29, 0.717) is 31.7 Å². The number of aromatic nitrogens is 2. The van der Waals surface area contributed by atoms with Crippen LogP contribution in [0, 0.1) is 0 Å². The lowest BCUT2D eigenvalue weighted by atomic mass is 10.1. The second kappa shape index (κ2) is 7.05. The molecule has 0 spiro atoms. The first-order valence-corrected chi connectivity index (χ1v) is 8.83. The van der Waals surface area contributed by atoms with E-state index in [-0.39, 0.29) is 18.0 Å². The molecule has 2 aliphatic heterocycles. The molecule has 0 radical (unpaired) electrons. The normalized spacial score (nSPS) is 20.3. The van der Waals surface area contributed by atoms with Crippen LogP contribution in [0.25, 0.3) is 11.0 Å². The smallest absolute Gasteiger partial charge is 0.337 e. The molecule has 1 amide bonds. The number of carbonyl (C=O) groups is 2. The Hall–Kier alpha value is -2.45. The van der Waals surface area contributed by atoms with Gasteiger partial charge in [0.1, 0.15) is 5.82 Å². The van der Waals surface area contributed by atoms with E-state index in [0.717, 1.165) is 36.4 Å². The van der Waals surface area contributed by atoms with Crippen LogP contribution in [-0.4, -0.2) is 65.8 Å². The molecular weight excluding hydrogens is 336 g/mol. The fourth-order valence-electron chi connectivity index (χ4n) is 3.36. The standard InChI is InChI=1S/C18H22N4O4/c1-25-18(24)12-2-3-14-15(8-12)22(10-13-4-7-26-13)16(20-14)11-21-6-5-19-9-17(21)23/h2-3,8,13,19H,4-7,9-11H2,1H3. The van der Waals surface area contributed by atoms with Crippen LogP contribution >= 0.6 is 0 Å². The molecule has 1 unspecified atom stereocenters. The average Bonchev–Trinajstić information content (AvgIpc) is 2.95. The van der Waals surface area contributed by atoms with E-state index >= 15 is 0 Å². The number of fused-ring (bicyclic) bond motifs is 1. The zero-order valence-corrected chi connectivity index (χ0v) is 14.7. The predicted octanol–water partition coefficient (Wildman–Crippen LogP) is 0.544. The molecule has 2 fully saturated rings. The molecule has 8 heteroatoms. The third-order valence-electron chi connectivity index (χ3n) is 4.95. The van der Waals surface area contributed by atoms with E-state index in [1.165, 1.54) is 7.11 Å². The van der Waals surface area contributed by atoms with Gasteiger partial charge in [0.25, 0.3) is 0 Å². The first-order valence-electron chi connectivity index (χ1n) is 8.83. The van der Waals surface area contributed by atoms with E-state index in [9.17, 15) is 9.59 Å². The van der Waals surface area contributed by atoms with Gasteiger partial charge in [-0.15, -0.1) is 0 Å². The maximum atomic E-state index is 12.1. The van der Waals surface area contributed by atoms with Gasteiger partial charge in [0.05, 0.1) is 49.4 Å². The molecule has 1 N–H and O–H groups in total. The number of hydrogen-bond donors (Lipinski definition) is 1. The third-order valence-corrected chi connectivity index (χ3v) is 4.95. The van der Waals surface area contributed by atoms with Crippen LogP contribution < -0.4 is 5.32 Å². The van der Waals surface area contributed by atoms with Gasteiger partial charge in [0.15, 0.2) is 0 Å². The lowest BCUT2D eigenvalue weighted by Gasteiger charge is -2.30. The van der Waals surface area contributed by atoms with E-state index in [2.05, 4.69) is 9.88 Å². The van der Waals surface area contributed by atoms with Crippen LogP contribution in [-0.2, 0) is 27.4 Å². The number of imidazole rings is 1. The number of carbonyl (C=O) groups excluding carboxylic acids is 2. The molecule has 2 aliphatic rings. The van der Waals surface area contributed by atoms with Crippen LogP contribution in [0.3, 0.4) is 0 Å². The molecule has 3 heterocycles. The number of esters is 1. The summed E-state index contributed by atoms with van der Waals surface area (Å²) in [4.78, 5) is 30.6. The van der Waals surface area contributed by atoms with Gasteiger partial charge >= 0.3 is 5.97 Å². The van der Waals surface area contributed by atoms with Crippen molar-refractivity contribution in [2.45, 2.75) is 25.6 Å². The number of piperazine rings is 1. The Morgan fingerprint density at radius 3 is 3.00 bits per heavy atom. The number of amides is 1. The fraction of sp³-hybridized carbons (Fsp3) is 0.500. The summed E-state index contributed by atoms with van der Waals surface area (Å²) >= 11 is 0. The van der Waals surface area contributed by atoms with Gasteiger partial charge in [-0.2, -0.15) is 0 Å². The lowest BCUT2D eigenvalue weighted by Crippen LogP contribution is -2.47. The number of hydrogen-bond acceptors (Lipinski definition) is 6. The second-order valence-corrected chi connectivity index (χ2v) is 6.61. The van der Waals surface area contributed by atoms with Gasteiger partial charge in [-0.3, -0.25) is 4.79 Å². The minimum atomic E-state index is -0.377. The summed E-state index contributed by atoms with van der Waals surface area (Å²) in [6.07, 6.45) is 1.15. The summed E-state index contributed by atoms with van der Waals surface area (Å²) in [6.45, 7) is 3.69. The Bertz CT molecular complexity index is 843. The number of nitrogens with zero attached hydrogens (tertiary/aromatic N) is 3. The predicted molar refractivity (Wildman–Crippen MR) is 93.7 cm³/mol. The molecule has 26 heavy (non-hydrogen) atoms. The topological polar surface area (TPSA) is 85.7 Å². The van der Waals surface area contributed by atoms with E-state index < -0.39 is 0 Å². The van der Waals surface area contributed by atoms with Crippen molar-refractivity contribution in [2.75, 3.05) is 33.4 Å². The van der Waals surface area contributed by atoms with Crippen molar-refractivity contribution >= 4 is 22.9 Å². The van der Waals surface area contributed by atoms with Crippen molar-refractivity contribution in [2.24, 2.45) is 0 Å². The number of benzene rings is 1. The molecule has 0 bridgehead atoms. The highest BCUT2D eigenvalue weighted by Crippen LogP contribution is 2.23. The van der Waals surface area contributed by atoms with Gasteiger partial charge in [-0.25, -0.2) is 9.78 Å². The van der Waals surface area contributed by atoms with Crippen molar-refractivity contribution in [1.82, 2.24) is 19.8 Å². The molecule has 8 nitrogen and oxygen atoms in total. The summed E-state index contributed by atoms with van der Waals surface area (Å²) in [5.41, 5.74) is 2.15. The van der Waals surface area contributed by atoms with Crippen LogP contribution in [0.4, 0.5) is 0 Å². The zero-order chi connectivity index (χ0) is 18.1. The minimum Gasteiger partial charge on any atom is -0.465 e. The van der Waals surface area contributed by atoms with Crippen molar-refractivity contribution in [3.8, 4) is 0 Å². The second-order valence-electron chi connectivity index (χ2n) is 6.61. The van der Waals surface area contributed by atoms with Crippen molar-refractivity contribution in [3.05, 3.63) is 29.6 Å². The summed E-state index contributed by atoms with van der Waals surface area (Å²) in [5.74, 6) is 0.510. The Labute approximate surface area is 151 Å². The highest BCUT2D eigenvalue weighted by molar-refractivity contribution is 5.93. The van der Waals surface area contributed by atoms with Crippen LogP contribution in [0.2, 0.25) is 0 Å². The molecular formula is C18H22N4O4. The molecule has 0 aliphatic carbocycles. The summed E-state index contributed by atoms with van der Waals surface area (Å²) in [5, 5.41) is 3.08. The van der Waals surface area contributed by atoms with Crippen molar-refractivity contribution in [3.63, 3.8) is 0 Å². The Morgan fingerprint density at radius 1 is 1.46 bits per heavy atom. The number of nitrogens with one attached hydrogen (secondary N) is 1. The van der Waals surface area contributed by atoms with Crippen molar-refractivity contribution in [1.29, 1.82) is 0 Å². The first kappa shape index (κ1) is 17.0. The fourth-order valence-corrected chi connectivity index (χ4v) is 3.36. The molecule has 4 rings (SSSR count). The molecule has 1 atom stereocenters. The number of methoxy groups -OCH3 is 1. The van der Waals surface area contributed by atoms with E-state index in [1.54, 1.807) is 12.1 Å². The molecule has 1 aromatic heterocycles. The molecule has 1 aromatic carbocycles. The highest BCUT2D eigenvalue weighted by atomic mass is 16.5. The van der Waals surface area contributed by atoms with Crippen LogP contribution in [0.15, 0.2) is 18.2 Å². The van der Waals surface area contributed by atoms with Gasteiger partial charge in [0.2, 0.25) is 5.91 Å². The maximum absolute atomic E-state index is 12.1. The third kappa shape index (κ3) is 3.17. The van der Waals surface area contributed by atoms with Crippen LogP contribution in [0.5, 0.6) is 0 Å². The average molecular weight is 358 g/mol. The summed E-state index contributed by atoms with van der Waals surface area (Å²) < 4.78 is 12.5. The van der Waals surface area contributed by atoms with Gasteiger partial charge in [-0.1, -0.05) is 0 Å². The summed E-state index contributed by atoms with van der Waals surface area (Å²) in [6, 6.07) is 5.34. The van der Waals surface area contributed by atoms with Crippen molar-refractivity contribution < 1.29 is 19.1 Å². The Morgan fingerprint density at radius 2 is 2.31 bits per heavy atom. The van der Waals surface area contributed by atoms with Crippen LogP contribution in [0.1, 0.15) is 22.6 Å². The molecule has 2 aromatic rings. The lowest BCUT2D eigenvalue weighted by molar-refractivity contribution is -0.132. The summed E-state index contributed by atoms with van der Waals surface area (Å²) in [7, 11) is 1.37. The highest BCUT2D eigenvalue weighted by Gasteiger charge is 2.25. The number of ether oxygens (including phenoxy) is 2. The molecule has 2 saturated heterocycles. The first-order chi connectivity index (χ1) is 12.7. The molecule has 0 saturated carbocycles. The van der Waals surface area contributed by atoms with Gasteiger partial charge < -0.3 is 24.3 Å². The molecule has 138 valence electrons. The SMILES string of the molecule is COC(=O)c1ccc2nc(CN3CCNCC3=O)n(CC3CCO3)c2c1. The maximum Gasteiger partial charge on any atom is 0.337 e. The van der Waals surface area contributed by atoms with Gasteiger partial charge in [0, 0.05) is 19.7 Å². The van der Waals surface area contributed by atoms with E-state index in [4.69, 9.17) is 14.5 Å². The van der Waals surface area contributed by atoms with E-state index in [1.807, 2.05) is 11.0 Å².